The van der Waals surface area contributed by atoms with Crippen LogP contribution in [0.15, 0.2) is 67.0 Å². The van der Waals surface area contributed by atoms with Gasteiger partial charge in [-0.2, -0.15) is 18.3 Å². The van der Waals surface area contributed by atoms with Gasteiger partial charge in [-0.25, -0.2) is 18.7 Å². The molecule has 37 heavy (non-hydrogen) atoms. The molecular weight excluding hydrogens is 493 g/mol. The number of imidazole rings is 1. The predicted octanol–water partition coefficient (Wildman–Crippen LogP) is 6.05. The first-order chi connectivity index (χ1) is 17.6. The summed E-state index contributed by atoms with van der Waals surface area (Å²) < 4.78 is 75.1. The number of alkyl halides is 3. The van der Waals surface area contributed by atoms with Crippen molar-refractivity contribution in [3.05, 3.63) is 89.8 Å². The van der Waals surface area contributed by atoms with E-state index in [0.717, 1.165) is 12.1 Å². The molecule has 0 aliphatic carbocycles. The van der Waals surface area contributed by atoms with Crippen LogP contribution in [-0.4, -0.2) is 26.9 Å². The number of rotatable bonds is 5. The van der Waals surface area contributed by atoms with Gasteiger partial charge in [-0.15, -0.1) is 0 Å². The molecule has 2 aliphatic rings. The largest absolute Gasteiger partial charge is 0.497 e. The molecule has 6 nitrogen and oxygen atoms in total. The molecule has 0 saturated heterocycles. The summed E-state index contributed by atoms with van der Waals surface area (Å²) in [5.74, 6) is -1.93. The smallest absolute Gasteiger partial charge is 0.417 e. The molecule has 2 aliphatic heterocycles. The van der Waals surface area contributed by atoms with Gasteiger partial charge < -0.3 is 10.5 Å². The van der Waals surface area contributed by atoms with Gasteiger partial charge in [-0.1, -0.05) is 24.3 Å². The minimum absolute atomic E-state index is 0.0235. The molecule has 0 atom stereocenters. The highest BCUT2D eigenvalue weighted by molar-refractivity contribution is 5.73. The van der Waals surface area contributed by atoms with Crippen LogP contribution in [0.5, 0.6) is 5.75 Å². The van der Waals surface area contributed by atoms with E-state index in [1.54, 1.807) is 18.3 Å². The molecule has 0 bridgehead atoms. The van der Waals surface area contributed by atoms with Crippen molar-refractivity contribution in [1.29, 1.82) is 0 Å². The van der Waals surface area contributed by atoms with Crippen molar-refractivity contribution >= 4 is 5.69 Å². The molecule has 0 radical (unpaired) electrons. The van der Waals surface area contributed by atoms with E-state index in [9.17, 15) is 22.0 Å². The number of hydrogen-bond acceptors (Lipinski definition) is 5. The summed E-state index contributed by atoms with van der Waals surface area (Å²) in [7, 11) is 1.30. The number of ether oxygens (including phenoxy) is 1. The zero-order chi connectivity index (χ0) is 26.3. The lowest BCUT2D eigenvalue weighted by molar-refractivity contribution is -0.137. The second-order valence-corrected chi connectivity index (χ2v) is 8.21. The van der Waals surface area contributed by atoms with Gasteiger partial charge in [-0.3, -0.25) is 4.68 Å². The number of methoxy groups -OCH3 is 1. The maximum Gasteiger partial charge on any atom is 0.417 e. The fraction of sp³-hybridized carbons (Fsp3) is 0.115. The van der Waals surface area contributed by atoms with E-state index in [2.05, 4.69) is 15.1 Å². The number of nitrogens with two attached hydrogens (primary N) is 1. The highest BCUT2D eigenvalue weighted by Crippen LogP contribution is 2.40. The Kier molecular flexibility index (Phi) is 5.98. The Morgan fingerprint density at radius 1 is 0.946 bits per heavy atom. The van der Waals surface area contributed by atoms with Crippen LogP contribution in [0.4, 0.5) is 27.6 Å². The highest BCUT2D eigenvalue weighted by Gasteiger charge is 2.34. The van der Waals surface area contributed by atoms with Crippen LogP contribution in [0.1, 0.15) is 11.1 Å². The Morgan fingerprint density at radius 3 is 2.46 bits per heavy atom. The molecule has 5 rings (SSSR count). The number of aromatic nitrogens is 4. The van der Waals surface area contributed by atoms with Gasteiger partial charge in [0.2, 0.25) is 0 Å². The number of anilines is 1. The number of halogens is 5. The van der Waals surface area contributed by atoms with Gasteiger partial charge in [-0.05, 0) is 47.0 Å². The number of nitrogen functional groups attached to an aromatic ring is 1. The zero-order valence-corrected chi connectivity index (χ0v) is 19.2. The minimum atomic E-state index is -4.58. The first kappa shape index (κ1) is 24.2. The average molecular weight is 511 g/mol. The number of benzene rings is 3. The van der Waals surface area contributed by atoms with Crippen LogP contribution < -0.4 is 10.5 Å². The third kappa shape index (κ3) is 4.67. The van der Waals surface area contributed by atoms with Gasteiger partial charge in [0, 0.05) is 5.69 Å². The molecule has 188 valence electrons. The van der Waals surface area contributed by atoms with Crippen molar-refractivity contribution in [2.45, 2.75) is 12.7 Å². The Hall–Kier alpha value is -4.54. The van der Waals surface area contributed by atoms with Gasteiger partial charge >= 0.3 is 6.18 Å². The van der Waals surface area contributed by atoms with Crippen molar-refractivity contribution < 1.29 is 26.7 Å². The molecule has 11 heteroatoms. The Labute approximate surface area is 207 Å². The molecule has 0 saturated carbocycles. The normalized spacial score (nSPS) is 11.7. The van der Waals surface area contributed by atoms with Crippen LogP contribution in [0.2, 0.25) is 0 Å². The first-order valence-electron chi connectivity index (χ1n) is 10.9. The lowest BCUT2D eigenvalue weighted by Crippen LogP contribution is -2.09. The summed E-state index contributed by atoms with van der Waals surface area (Å²) in [4.78, 5) is 8.50. The maximum atomic E-state index is 14.2. The van der Waals surface area contributed by atoms with E-state index >= 15 is 0 Å². The van der Waals surface area contributed by atoms with Crippen LogP contribution in [0.25, 0.3) is 33.9 Å². The van der Waals surface area contributed by atoms with Crippen LogP contribution in [-0.2, 0) is 12.7 Å². The van der Waals surface area contributed by atoms with Crippen LogP contribution >= 0.6 is 0 Å². The Morgan fingerprint density at radius 2 is 1.73 bits per heavy atom. The summed E-state index contributed by atoms with van der Waals surface area (Å²) in [5, 5.41) is 4.26. The van der Waals surface area contributed by atoms with E-state index in [1.165, 1.54) is 48.3 Å². The summed E-state index contributed by atoms with van der Waals surface area (Å²) in [6.07, 6.45) is -1.58. The number of nitrogens with zero attached hydrogens (tertiary/aromatic N) is 4. The molecule has 2 heterocycles. The Bertz CT molecular complexity index is 1580. The average Bonchev–Trinajstić information content (AvgIpc) is 3.29. The molecule has 3 aromatic rings. The lowest BCUT2D eigenvalue weighted by Gasteiger charge is -2.16. The van der Waals surface area contributed by atoms with Crippen molar-refractivity contribution in [3.63, 3.8) is 0 Å². The molecule has 0 fully saturated rings. The molecule has 0 aromatic heterocycles. The third-order valence-corrected chi connectivity index (χ3v) is 5.83. The predicted molar refractivity (Wildman–Crippen MR) is 127 cm³/mol. The first-order valence-corrected chi connectivity index (χ1v) is 10.9. The van der Waals surface area contributed by atoms with E-state index in [0.29, 0.717) is 22.5 Å². The maximum absolute atomic E-state index is 14.2. The van der Waals surface area contributed by atoms with E-state index in [1.807, 2.05) is 0 Å². The second kappa shape index (κ2) is 9.16. The van der Waals surface area contributed by atoms with Gasteiger partial charge in [0.05, 0.1) is 37.2 Å². The fourth-order valence-corrected chi connectivity index (χ4v) is 3.96. The van der Waals surface area contributed by atoms with Gasteiger partial charge in [0.15, 0.2) is 17.5 Å². The van der Waals surface area contributed by atoms with Crippen molar-refractivity contribution in [3.8, 4) is 39.7 Å². The standard InChI is InChI=1S/C26H18F5N5O/c1-37-16-7-8-17(19(10-16)26(29,30)31)14-5-6-15(21(32)9-14)12-36-13-23-22(11-33-36)34-25(35-23)18-3-2-4-20(27)24(18)28/h2-11,13H,12,32H2,1H3. The van der Waals surface area contributed by atoms with Crippen molar-refractivity contribution in [2.75, 3.05) is 12.8 Å². The van der Waals surface area contributed by atoms with Crippen LogP contribution in [0.3, 0.4) is 0 Å². The molecule has 0 unspecified atom stereocenters. The van der Waals surface area contributed by atoms with Crippen molar-refractivity contribution in [2.24, 2.45) is 0 Å². The molecule has 0 spiro atoms. The Balaban J connectivity index is 1.44. The molecular formula is C26H18F5N5O. The quantitative estimate of drug-likeness (QED) is 0.230. The highest BCUT2D eigenvalue weighted by atomic mass is 19.4. The third-order valence-electron chi connectivity index (χ3n) is 5.83. The zero-order valence-electron chi connectivity index (χ0n) is 19.2. The number of hydrogen-bond donors (Lipinski definition) is 1. The summed E-state index contributed by atoms with van der Waals surface area (Å²) >= 11 is 0. The van der Waals surface area contributed by atoms with Crippen LogP contribution in [0, 0.1) is 11.6 Å². The summed E-state index contributed by atoms with van der Waals surface area (Å²) in [6.45, 7) is 0.188. The van der Waals surface area contributed by atoms with E-state index in [-0.39, 0.29) is 34.9 Å². The molecule has 3 aromatic carbocycles. The molecule has 0 amide bonds. The molecule has 2 N–H and O–H groups in total. The monoisotopic (exact) mass is 511 g/mol. The van der Waals surface area contributed by atoms with Crippen molar-refractivity contribution in [1.82, 2.24) is 19.7 Å². The minimum Gasteiger partial charge on any atom is -0.497 e. The topological polar surface area (TPSA) is 78.8 Å². The summed E-state index contributed by atoms with van der Waals surface area (Å²) in [5.41, 5.74) is 7.23. The summed E-state index contributed by atoms with van der Waals surface area (Å²) in [6, 6.07) is 12.1. The number of fused-ring (bicyclic) bond motifs is 1. The fourth-order valence-electron chi connectivity index (χ4n) is 3.96. The van der Waals surface area contributed by atoms with Gasteiger partial charge in [0.1, 0.15) is 17.1 Å². The second-order valence-electron chi connectivity index (χ2n) is 8.21. The van der Waals surface area contributed by atoms with Gasteiger partial charge in [0.25, 0.3) is 0 Å². The van der Waals surface area contributed by atoms with E-state index < -0.39 is 23.4 Å². The lowest BCUT2D eigenvalue weighted by atomic mass is 9.97. The van der Waals surface area contributed by atoms with E-state index in [4.69, 9.17) is 10.5 Å². The SMILES string of the molecule is COc1ccc(-c2ccc(Cn3cc4nc(-c5cccc(F)c5F)nc-4cn3)c(N)c2)c(C(F)(F)F)c1.